The van der Waals surface area contributed by atoms with Crippen molar-refractivity contribution in [3.8, 4) is 5.75 Å². The van der Waals surface area contributed by atoms with Crippen LogP contribution in [-0.4, -0.2) is 12.6 Å². The van der Waals surface area contributed by atoms with E-state index in [1.165, 1.54) is 12.1 Å². The van der Waals surface area contributed by atoms with Crippen LogP contribution in [0.2, 0.25) is 0 Å². The number of fused-ring (bicyclic) bond motifs is 1. The van der Waals surface area contributed by atoms with Crippen molar-refractivity contribution >= 4 is 6.03 Å². The summed E-state index contributed by atoms with van der Waals surface area (Å²) >= 11 is 0. The third-order valence-corrected chi connectivity index (χ3v) is 2.56. The molecule has 86 valence electrons. The highest BCUT2D eigenvalue weighted by molar-refractivity contribution is 5.72. The summed E-state index contributed by atoms with van der Waals surface area (Å²) in [6, 6.07) is 3.52. The van der Waals surface area contributed by atoms with E-state index >= 15 is 0 Å². The molecule has 0 saturated heterocycles. The van der Waals surface area contributed by atoms with E-state index in [-0.39, 0.29) is 11.9 Å². The first-order valence-corrected chi connectivity index (χ1v) is 5.15. The summed E-state index contributed by atoms with van der Waals surface area (Å²) in [5.41, 5.74) is 5.87. The molecule has 0 bridgehead atoms. The van der Waals surface area contributed by atoms with Crippen LogP contribution in [0.15, 0.2) is 18.2 Å². The molecule has 2 rings (SSSR count). The second-order valence-corrected chi connectivity index (χ2v) is 3.73. The molecule has 1 aromatic carbocycles. The topological polar surface area (TPSA) is 64.4 Å². The maximum Gasteiger partial charge on any atom is 0.312 e. The van der Waals surface area contributed by atoms with Crippen LogP contribution in [0.4, 0.5) is 9.18 Å². The van der Waals surface area contributed by atoms with Crippen LogP contribution in [0.25, 0.3) is 0 Å². The summed E-state index contributed by atoms with van der Waals surface area (Å²) in [7, 11) is 0. The minimum atomic E-state index is -0.581. The number of benzene rings is 1. The van der Waals surface area contributed by atoms with E-state index in [9.17, 15) is 9.18 Å². The lowest BCUT2D eigenvalue weighted by Crippen LogP contribution is -2.33. The average molecular weight is 224 g/mol. The van der Waals surface area contributed by atoms with Crippen molar-refractivity contribution in [1.29, 1.82) is 0 Å². The van der Waals surface area contributed by atoms with E-state index in [4.69, 9.17) is 10.5 Å². The molecule has 2 amide bonds. The number of carbonyl (C=O) groups excluding carboxylic acids is 1. The summed E-state index contributed by atoms with van der Waals surface area (Å²) in [4.78, 5) is 10.9. The van der Waals surface area contributed by atoms with Crippen molar-refractivity contribution in [1.82, 2.24) is 5.32 Å². The van der Waals surface area contributed by atoms with Gasteiger partial charge in [-0.15, -0.1) is 0 Å². The van der Waals surface area contributed by atoms with Gasteiger partial charge in [-0.1, -0.05) is 6.07 Å². The lowest BCUT2D eigenvalue weighted by Gasteiger charge is -2.16. The van der Waals surface area contributed by atoms with Gasteiger partial charge in [0, 0.05) is 11.6 Å². The number of carbonyl (C=O) groups is 1. The van der Waals surface area contributed by atoms with E-state index in [2.05, 4.69) is 5.32 Å². The quantitative estimate of drug-likeness (QED) is 0.762. The molecule has 0 radical (unpaired) electrons. The molecule has 1 unspecified atom stereocenters. The molecule has 3 N–H and O–H groups in total. The number of hydrogen-bond acceptors (Lipinski definition) is 2. The van der Waals surface area contributed by atoms with Gasteiger partial charge in [-0.3, -0.25) is 0 Å². The SMILES string of the molecule is NC(=O)NC1CCCOc2cc(F)ccc21. The molecule has 0 aliphatic carbocycles. The predicted octanol–water partition coefficient (Wildman–Crippen LogP) is 1.71. The zero-order chi connectivity index (χ0) is 11.5. The third-order valence-electron chi connectivity index (χ3n) is 2.56. The van der Waals surface area contributed by atoms with Gasteiger partial charge in [0.15, 0.2) is 0 Å². The summed E-state index contributed by atoms with van der Waals surface area (Å²) in [5.74, 6) is 0.134. The van der Waals surface area contributed by atoms with Crippen LogP contribution < -0.4 is 15.8 Å². The molecule has 0 fully saturated rings. The number of rotatable bonds is 1. The Kier molecular flexibility index (Phi) is 2.94. The van der Waals surface area contributed by atoms with Crippen LogP contribution >= 0.6 is 0 Å². The summed E-state index contributed by atoms with van der Waals surface area (Å²) in [5, 5.41) is 2.63. The zero-order valence-corrected chi connectivity index (χ0v) is 8.70. The minimum absolute atomic E-state index is 0.199. The Morgan fingerprint density at radius 1 is 1.56 bits per heavy atom. The fourth-order valence-electron chi connectivity index (χ4n) is 1.87. The van der Waals surface area contributed by atoms with E-state index in [0.717, 1.165) is 18.4 Å². The molecule has 4 nitrogen and oxygen atoms in total. The van der Waals surface area contributed by atoms with Gasteiger partial charge in [0.05, 0.1) is 12.6 Å². The highest BCUT2D eigenvalue weighted by Gasteiger charge is 2.20. The molecule has 1 aliphatic rings. The highest BCUT2D eigenvalue weighted by Crippen LogP contribution is 2.31. The third kappa shape index (κ3) is 2.24. The Hall–Kier alpha value is -1.78. The fraction of sp³-hybridized carbons (Fsp3) is 0.364. The molecule has 0 aromatic heterocycles. The monoisotopic (exact) mass is 224 g/mol. The summed E-state index contributed by atoms with van der Waals surface area (Å²) in [6.07, 6.45) is 1.53. The number of nitrogens with one attached hydrogen (secondary N) is 1. The standard InChI is InChI=1S/C11H13FN2O2/c12-7-3-4-8-9(14-11(13)15)2-1-5-16-10(8)6-7/h3-4,6,9H,1-2,5H2,(H3,13,14,15). The Morgan fingerprint density at radius 2 is 2.38 bits per heavy atom. The largest absolute Gasteiger partial charge is 0.493 e. The first-order valence-electron chi connectivity index (χ1n) is 5.15. The van der Waals surface area contributed by atoms with Gasteiger partial charge in [0.1, 0.15) is 11.6 Å². The van der Waals surface area contributed by atoms with Crippen molar-refractivity contribution in [2.45, 2.75) is 18.9 Å². The minimum Gasteiger partial charge on any atom is -0.493 e. The average Bonchev–Trinajstić information content (AvgIpc) is 2.40. The number of nitrogens with two attached hydrogens (primary N) is 1. The van der Waals surface area contributed by atoms with Gasteiger partial charge in [0.25, 0.3) is 0 Å². The Balaban J connectivity index is 2.32. The van der Waals surface area contributed by atoms with Crippen LogP contribution in [0.1, 0.15) is 24.4 Å². The van der Waals surface area contributed by atoms with E-state index in [1.807, 2.05) is 0 Å². The van der Waals surface area contributed by atoms with Crippen LogP contribution in [-0.2, 0) is 0 Å². The van der Waals surface area contributed by atoms with Gasteiger partial charge in [-0.05, 0) is 18.9 Å². The zero-order valence-electron chi connectivity index (χ0n) is 8.70. The summed E-state index contributed by atoms with van der Waals surface area (Å²) < 4.78 is 18.4. The van der Waals surface area contributed by atoms with Gasteiger partial charge in [-0.2, -0.15) is 0 Å². The van der Waals surface area contributed by atoms with Gasteiger partial charge >= 0.3 is 6.03 Å². The molecule has 1 heterocycles. The second kappa shape index (κ2) is 4.38. The van der Waals surface area contributed by atoms with Crippen molar-refractivity contribution in [2.75, 3.05) is 6.61 Å². The smallest absolute Gasteiger partial charge is 0.312 e. The molecule has 0 saturated carbocycles. The van der Waals surface area contributed by atoms with Crippen LogP contribution in [0.5, 0.6) is 5.75 Å². The number of ether oxygens (including phenoxy) is 1. The molecule has 1 aromatic rings. The predicted molar refractivity (Wildman–Crippen MR) is 56.6 cm³/mol. The normalized spacial score (nSPS) is 19.2. The molecule has 1 atom stereocenters. The van der Waals surface area contributed by atoms with Gasteiger partial charge in [-0.25, -0.2) is 9.18 Å². The first-order chi connectivity index (χ1) is 7.66. The molecule has 1 aliphatic heterocycles. The number of amides is 2. The second-order valence-electron chi connectivity index (χ2n) is 3.73. The van der Waals surface area contributed by atoms with E-state index in [0.29, 0.717) is 12.4 Å². The lowest BCUT2D eigenvalue weighted by atomic mass is 10.0. The van der Waals surface area contributed by atoms with E-state index in [1.54, 1.807) is 6.07 Å². The van der Waals surface area contributed by atoms with Crippen molar-refractivity contribution < 1.29 is 13.9 Å². The molecule has 5 heteroatoms. The molecule has 0 spiro atoms. The molecular weight excluding hydrogens is 211 g/mol. The lowest BCUT2D eigenvalue weighted by molar-refractivity contribution is 0.244. The summed E-state index contributed by atoms with van der Waals surface area (Å²) in [6.45, 7) is 0.521. The molecule has 16 heavy (non-hydrogen) atoms. The first kappa shape index (κ1) is 10.7. The van der Waals surface area contributed by atoms with Crippen molar-refractivity contribution in [3.05, 3.63) is 29.6 Å². The highest BCUT2D eigenvalue weighted by atomic mass is 19.1. The maximum atomic E-state index is 13.0. The number of urea groups is 1. The van der Waals surface area contributed by atoms with Crippen LogP contribution in [0.3, 0.4) is 0 Å². The number of primary amides is 1. The fourth-order valence-corrected chi connectivity index (χ4v) is 1.87. The van der Waals surface area contributed by atoms with Crippen LogP contribution in [0, 0.1) is 5.82 Å². The number of halogens is 1. The number of hydrogen-bond donors (Lipinski definition) is 2. The van der Waals surface area contributed by atoms with Gasteiger partial charge in [0.2, 0.25) is 0 Å². The molecular formula is C11H13FN2O2. The Morgan fingerprint density at radius 3 is 3.12 bits per heavy atom. The van der Waals surface area contributed by atoms with Crippen molar-refractivity contribution in [3.63, 3.8) is 0 Å². The maximum absolute atomic E-state index is 13.0. The van der Waals surface area contributed by atoms with Crippen molar-refractivity contribution in [2.24, 2.45) is 5.73 Å². The Bertz CT molecular complexity index is 409. The van der Waals surface area contributed by atoms with E-state index < -0.39 is 6.03 Å². The van der Waals surface area contributed by atoms with Gasteiger partial charge < -0.3 is 15.8 Å². The Labute approximate surface area is 92.6 Å².